The molecule has 0 saturated carbocycles. The Balaban J connectivity index is 1.34. The number of hydrogen-bond acceptors (Lipinski definition) is 5. The minimum atomic E-state index is -3.28. The first-order chi connectivity index (χ1) is 15.0. The zero-order valence-electron chi connectivity index (χ0n) is 16.5. The van der Waals surface area contributed by atoms with Crippen molar-refractivity contribution in [1.82, 2.24) is 19.7 Å². The van der Waals surface area contributed by atoms with Crippen LogP contribution in [0.4, 0.5) is 11.5 Å². The lowest BCUT2D eigenvalue weighted by atomic mass is 10.2. The predicted molar refractivity (Wildman–Crippen MR) is 118 cm³/mol. The van der Waals surface area contributed by atoms with Crippen molar-refractivity contribution < 1.29 is 13.2 Å². The zero-order chi connectivity index (χ0) is 21.4. The second-order valence-corrected chi connectivity index (χ2v) is 9.40. The molecule has 2 aromatic carbocycles. The third-order valence-corrected chi connectivity index (χ3v) is 7.09. The number of anilines is 2. The van der Waals surface area contributed by atoms with Crippen LogP contribution < -0.4 is 9.62 Å². The number of aromatic nitrogens is 4. The molecule has 0 radical (unpaired) electrons. The Morgan fingerprint density at radius 1 is 1.16 bits per heavy atom. The van der Waals surface area contributed by atoms with Crippen molar-refractivity contribution in [3.8, 4) is 11.3 Å². The quantitative estimate of drug-likeness (QED) is 0.499. The molecular weight excluding hydrogens is 416 g/mol. The van der Waals surface area contributed by atoms with E-state index in [1.54, 1.807) is 29.1 Å². The SMILES string of the molecule is O=C(Cn1cnc(-c2ccccc2)c1)Nc1n[nH]c2ccc(N3CCCS3(=O)=O)cc12. The second-order valence-electron chi connectivity index (χ2n) is 7.39. The van der Waals surface area contributed by atoms with Crippen LogP contribution in [0, 0.1) is 0 Å². The smallest absolute Gasteiger partial charge is 0.245 e. The van der Waals surface area contributed by atoms with Crippen molar-refractivity contribution in [1.29, 1.82) is 0 Å². The molecule has 2 N–H and O–H groups in total. The van der Waals surface area contributed by atoms with Gasteiger partial charge in [-0.2, -0.15) is 5.10 Å². The van der Waals surface area contributed by atoms with Gasteiger partial charge < -0.3 is 9.88 Å². The highest BCUT2D eigenvalue weighted by Gasteiger charge is 2.28. The molecule has 1 amide bonds. The number of hydrogen-bond donors (Lipinski definition) is 2. The molecule has 10 heteroatoms. The molecule has 9 nitrogen and oxygen atoms in total. The van der Waals surface area contributed by atoms with Crippen molar-refractivity contribution in [3.63, 3.8) is 0 Å². The van der Waals surface area contributed by atoms with Gasteiger partial charge in [-0.3, -0.25) is 14.2 Å². The Morgan fingerprint density at radius 3 is 2.77 bits per heavy atom. The molecule has 31 heavy (non-hydrogen) atoms. The Bertz CT molecular complexity index is 1360. The average molecular weight is 436 g/mol. The lowest BCUT2D eigenvalue weighted by molar-refractivity contribution is -0.116. The molecule has 0 atom stereocenters. The van der Waals surface area contributed by atoms with Gasteiger partial charge in [-0.05, 0) is 24.6 Å². The first-order valence-corrected chi connectivity index (χ1v) is 11.5. The molecular formula is C21H20N6O3S. The molecule has 4 aromatic rings. The van der Waals surface area contributed by atoms with Gasteiger partial charge in [0.2, 0.25) is 15.9 Å². The number of aromatic amines is 1. The van der Waals surface area contributed by atoms with Crippen molar-refractivity contribution in [2.75, 3.05) is 21.9 Å². The fourth-order valence-electron chi connectivity index (χ4n) is 3.72. The lowest BCUT2D eigenvalue weighted by Gasteiger charge is -2.16. The maximum absolute atomic E-state index is 12.6. The van der Waals surface area contributed by atoms with E-state index in [2.05, 4.69) is 20.5 Å². The fourth-order valence-corrected chi connectivity index (χ4v) is 5.28. The third-order valence-electron chi connectivity index (χ3n) is 5.22. The highest BCUT2D eigenvalue weighted by Crippen LogP contribution is 2.30. The van der Waals surface area contributed by atoms with Gasteiger partial charge in [0.15, 0.2) is 5.82 Å². The van der Waals surface area contributed by atoms with E-state index in [1.807, 2.05) is 36.5 Å². The maximum Gasteiger partial charge on any atom is 0.245 e. The molecule has 0 spiro atoms. The summed E-state index contributed by atoms with van der Waals surface area (Å²) < 4.78 is 27.6. The minimum absolute atomic E-state index is 0.0778. The van der Waals surface area contributed by atoms with Gasteiger partial charge in [-0.15, -0.1) is 0 Å². The number of sulfonamides is 1. The van der Waals surface area contributed by atoms with E-state index in [9.17, 15) is 13.2 Å². The van der Waals surface area contributed by atoms with Crippen LogP contribution in [0.5, 0.6) is 0 Å². The summed E-state index contributed by atoms with van der Waals surface area (Å²) in [5, 5.41) is 10.5. The molecule has 1 fully saturated rings. The van der Waals surface area contributed by atoms with Gasteiger partial charge in [0.25, 0.3) is 0 Å². The number of H-pyrrole nitrogens is 1. The van der Waals surface area contributed by atoms with Crippen molar-refractivity contribution in [3.05, 3.63) is 61.1 Å². The Kier molecular flexibility index (Phi) is 4.70. The molecule has 3 heterocycles. The largest absolute Gasteiger partial charge is 0.327 e. The van der Waals surface area contributed by atoms with Crippen LogP contribution in [-0.4, -0.2) is 46.4 Å². The Labute approximate surface area is 178 Å². The van der Waals surface area contributed by atoms with Crippen LogP contribution >= 0.6 is 0 Å². The van der Waals surface area contributed by atoms with E-state index in [-0.39, 0.29) is 18.2 Å². The van der Waals surface area contributed by atoms with Crippen molar-refractivity contribution in [2.45, 2.75) is 13.0 Å². The topological polar surface area (TPSA) is 113 Å². The van der Waals surface area contributed by atoms with Gasteiger partial charge in [0.1, 0.15) is 6.54 Å². The predicted octanol–water partition coefficient (Wildman–Crippen LogP) is 2.61. The number of benzene rings is 2. The fraction of sp³-hybridized carbons (Fsp3) is 0.190. The maximum atomic E-state index is 12.6. The number of rotatable bonds is 5. The Hall–Kier alpha value is -3.66. The lowest BCUT2D eigenvalue weighted by Crippen LogP contribution is -2.24. The normalized spacial score (nSPS) is 15.4. The van der Waals surface area contributed by atoms with Crippen molar-refractivity contribution in [2.24, 2.45) is 0 Å². The molecule has 158 valence electrons. The molecule has 0 bridgehead atoms. The monoisotopic (exact) mass is 436 g/mol. The van der Waals surface area contributed by atoms with Crippen LogP contribution in [0.2, 0.25) is 0 Å². The highest BCUT2D eigenvalue weighted by atomic mass is 32.2. The van der Waals surface area contributed by atoms with E-state index in [0.717, 1.165) is 11.3 Å². The van der Waals surface area contributed by atoms with E-state index in [1.165, 1.54) is 4.31 Å². The summed E-state index contributed by atoms with van der Waals surface area (Å²) in [5.74, 6) is 0.252. The highest BCUT2D eigenvalue weighted by molar-refractivity contribution is 7.93. The zero-order valence-corrected chi connectivity index (χ0v) is 17.3. The van der Waals surface area contributed by atoms with Crippen molar-refractivity contribution >= 4 is 38.3 Å². The standard InChI is InChI=1S/C21H20N6O3S/c28-20(13-26-12-19(22-14-26)15-5-2-1-3-6-15)23-21-17-11-16(7-8-18(17)24-25-21)27-9-4-10-31(27,29)30/h1-3,5-8,11-12,14H,4,9-10,13H2,(H2,23,24,25,28). The second kappa shape index (κ2) is 7.55. The number of amides is 1. The van der Waals surface area contributed by atoms with Gasteiger partial charge in [0, 0.05) is 23.7 Å². The molecule has 5 rings (SSSR count). The van der Waals surface area contributed by atoms with E-state index < -0.39 is 10.0 Å². The summed E-state index contributed by atoms with van der Waals surface area (Å²) in [6, 6.07) is 15.0. The molecule has 0 aliphatic carbocycles. The minimum Gasteiger partial charge on any atom is -0.327 e. The summed E-state index contributed by atoms with van der Waals surface area (Å²) in [6.07, 6.45) is 4.03. The van der Waals surface area contributed by atoms with E-state index >= 15 is 0 Å². The summed E-state index contributed by atoms with van der Waals surface area (Å²) in [6.45, 7) is 0.534. The molecule has 1 aliphatic rings. The summed E-state index contributed by atoms with van der Waals surface area (Å²) in [4.78, 5) is 16.9. The number of carbonyl (C=O) groups is 1. The number of nitrogens with zero attached hydrogens (tertiary/aromatic N) is 4. The first-order valence-electron chi connectivity index (χ1n) is 9.85. The van der Waals surface area contributed by atoms with Gasteiger partial charge >= 0.3 is 0 Å². The Morgan fingerprint density at radius 2 is 2.00 bits per heavy atom. The average Bonchev–Trinajstić information content (AvgIpc) is 3.47. The van der Waals surface area contributed by atoms with E-state index in [4.69, 9.17) is 0 Å². The number of fused-ring (bicyclic) bond motifs is 1. The van der Waals surface area contributed by atoms with Crippen LogP contribution in [-0.2, 0) is 21.4 Å². The summed E-state index contributed by atoms with van der Waals surface area (Å²) in [5.41, 5.74) is 3.05. The van der Waals surface area contributed by atoms with Gasteiger partial charge in [-0.25, -0.2) is 13.4 Å². The van der Waals surface area contributed by atoms with Crippen LogP contribution in [0.3, 0.4) is 0 Å². The molecule has 1 aliphatic heterocycles. The number of imidazole rings is 1. The van der Waals surface area contributed by atoms with E-state index in [0.29, 0.717) is 35.4 Å². The summed E-state index contributed by atoms with van der Waals surface area (Å²) in [7, 11) is -3.28. The van der Waals surface area contributed by atoms with Gasteiger partial charge in [0.05, 0.1) is 29.0 Å². The van der Waals surface area contributed by atoms with Gasteiger partial charge in [-0.1, -0.05) is 30.3 Å². The molecule has 0 unspecified atom stereocenters. The number of carbonyl (C=O) groups excluding carboxylic acids is 1. The van der Waals surface area contributed by atoms with Crippen LogP contribution in [0.15, 0.2) is 61.1 Å². The first kappa shape index (κ1) is 19.3. The molecule has 2 aromatic heterocycles. The van der Waals surface area contributed by atoms with Crippen LogP contribution in [0.25, 0.3) is 22.2 Å². The number of nitrogens with one attached hydrogen (secondary N) is 2. The van der Waals surface area contributed by atoms with Crippen LogP contribution in [0.1, 0.15) is 6.42 Å². The summed E-state index contributed by atoms with van der Waals surface area (Å²) >= 11 is 0. The molecule has 1 saturated heterocycles. The third kappa shape index (κ3) is 3.77.